The van der Waals surface area contributed by atoms with Crippen molar-refractivity contribution in [3.8, 4) is 11.5 Å². The first-order chi connectivity index (χ1) is 9.49. The van der Waals surface area contributed by atoms with Crippen LogP contribution in [0.3, 0.4) is 0 Å². The van der Waals surface area contributed by atoms with Crippen LogP contribution in [-0.2, 0) is 0 Å². The molecule has 0 unspecified atom stereocenters. The minimum Gasteiger partial charge on any atom is -0.475 e. The van der Waals surface area contributed by atoms with E-state index in [0.29, 0.717) is 0 Å². The van der Waals surface area contributed by atoms with Gasteiger partial charge < -0.3 is 9.52 Å². The zero-order chi connectivity index (χ0) is 14.4. The predicted octanol–water partition coefficient (Wildman–Crippen LogP) is 3.33. The molecule has 1 aliphatic carbocycles. The first-order valence-corrected chi connectivity index (χ1v) is 5.87. The Hall–Kier alpha value is -2.31. The number of carboxylic acids is 1. The van der Waals surface area contributed by atoms with Crippen molar-refractivity contribution in [1.29, 1.82) is 0 Å². The third kappa shape index (κ3) is 1.95. The van der Waals surface area contributed by atoms with E-state index in [9.17, 15) is 18.0 Å². The Labute approximate surface area is 110 Å². The highest BCUT2D eigenvalue weighted by molar-refractivity contribution is 5.86. The third-order valence-corrected chi connectivity index (χ3v) is 3.08. The molecule has 1 aromatic heterocycles. The third-order valence-electron chi connectivity index (χ3n) is 3.08. The maximum atomic E-state index is 13.6. The molecule has 0 amide bonds. The van der Waals surface area contributed by atoms with Crippen molar-refractivity contribution in [3.63, 3.8) is 0 Å². The molecule has 1 heterocycles. The number of oxazole rings is 1. The topological polar surface area (TPSA) is 63.3 Å². The van der Waals surface area contributed by atoms with Gasteiger partial charge in [-0.15, -0.1) is 0 Å². The summed E-state index contributed by atoms with van der Waals surface area (Å²) in [5, 5.41) is 9.01. The van der Waals surface area contributed by atoms with E-state index in [1.807, 2.05) is 0 Å². The molecule has 1 aromatic carbocycles. The molecule has 3 rings (SSSR count). The molecule has 7 heteroatoms. The second-order valence-electron chi connectivity index (χ2n) is 4.54. The van der Waals surface area contributed by atoms with Crippen LogP contribution in [0.15, 0.2) is 16.5 Å². The Kier molecular flexibility index (Phi) is 2.77. The van der Waals surface area contributed by atoms with Crippen molar-refractivity contribution in [1.82, 2.24) is 4.98 Å². The van der Waals surface area contributed by atoms with Crippen molar-refractivity contribution in [2.45, 2.75) is 18.8 Å². The molecule has 0 saturated heterocycles. The Balaban J connectivity index is 2.13. The molecule has 1 N–H and O–H groups in total. The lowest BCUT2D eigenvalue weighted by atomic mass is 10.2. The highest BCUT2D eigenvalue weighted by Gasteiger charge is 2.34. The molecule has 20 heavy (non-hydrogen) atoms. The zero-order valence-electron chi connectivity index (χ0n) is 9.99. The molecule has 0 spiro atoms. The fraction of sp³-hybridized carbons (Fsp3) is 0.231. The molecule has 1 aliphatic rings. The average molecular weight is 283 g/mol. The lowest BCUT2D eigenvalue weighted by molar-refractivity contribution is 0.0661. The standard InChI is InChI=1S/C13H8F3NO3/c14-7-4-3-6(8(15)9(7)16)12-17-10(5-1-2-5)11(20-12)13(18)19/h3-5H,1-2H2,(H,18,19). The summed E-state index contributed by atoms with van der Waals surface area (Å²) in [6.45, 7) is 0. The fourth-order valence-corrected chi connectivity index (χ4v) is 1.92. The van der Waals surface area contributed by atoms with E-state index in [1.54, 1.807) is 0 Å². The van der Waals surface area contributed by atoms with Crippen LogP contribution >= 0.6 is 0 Å². The molecule has 2 aromatic rings. The number of hydrogen-bond acceptors (Lipinski definition) is 3. The van der Waals surface area contributed by atoms with E-state index in [4.69, 9.17) is 9.52 Å². The van der Waals surface area contributed by atoms with Crippen LogP contribution in [0.1, 0.15) is 35.0 Å². The summed E-state index contributed by atoms with van der Waals surface area (Å²) >= 11 is 0. The van der Waals surface area contributed by atoms with Crippen LogP contribution in [-0.4, -0.2) is 16.1 Å². The summed E-state index contributed by atoms with van der Waals surface area (Å²) in [5.41, 5.74) is -0.185. The lowest BCUT2D eigenvalue weighted by Gasteiger charge is -2.00. The SMILES string of the molecule is O=C(O)c1oc(-c2ccc(F)c(F)c2F)nc1C1CC1. The minimum absolute atomic E-state index is 0.0352. The summed E-state index contributed by atoms with van der Waals surface area (Å²) < 4.78 is 44.7. The number of rotatable bonds is 3. The normalized spacial score (nSPS) is 14.6. The fourth-order valence-electron chi connectivity index (χ4n) is 1.92. The molecular formula is C13H8F3NO3. The summed E-state index contributed by atoms with van der Waals surface area (Å²) in [7, 11) is 0. The van der Waals surface area contributed by atoms with E-state index in [2.05, 4.69) is 4.98 Å². The van der Waals surface area contributed by atoms with E-state index in [-0.39, 0.29) is 23.3 Å². The molecule has 1 saturated carbocycles. The van der Waals surface area contributed by atoms with E-state index in [1.165, 1.54) is 0 Å². The van der Waals surface area contributed by atoms with Crippen molar-refractivity contribution in [3.05, 3.63) is 41.0 Å². The van der Waals surface area contributed by atoms with Crippen LogP contribution in [0.25, 0.3) is 11.5 Å². The quantitative estimate of drug-likeness (QED) is 0.877. The van der Waals surface area contributed by atoms with E-state index in [0.717, 1.165) is 25.0 Å². The number of nitrogens with zero attached hydrogens (tertiary/aromatic N) is 1. The van der Waals surface area contributed by atoms with Gasteiger partial charge in [-0.3, -0.25) is 0 Å². The molecule has 0 bridgehead atoms. The van der Waals surface area contributed by atoms with Gasteiger partial charge in [0.25, 0.3) is 0 Å². The number of aromatic nitrogens is 1. The number of hydrogen-bond donors (Lipinski definition) is 1. The Bertz CT molecular complexity index is 707. The highest BCUT2D eigenvalue weighted by Crippen LogP contribution is 2.42. The first kappa shape index (κ1) is 12.7. The van der Waals surface area contributed by atoms with Crippen LogP contribution in [0.4, 0.5) is 13.2 Å². The maximum Gasteiger partial charge on any atom is 0.373 e. The Morgan fingerprint density at radius 3 is 2.55 bits per heavy atom. The molecule has 104 valence electrons. The van der Waals surface area contributed by atoms with Gasteiger partial charge in [0.15, 0.2) is 17.5 Å². The number of aromatic carboxylic acids is 1. The molecule has 0 radical (unpaired) electrons. The monoisotopic (exact) mass is 283 g/mol. The lowest BCUT2D eigenvalue weighted by Crippen LogP contribution is -1.98. The summed E-state index contributed by atoms with van der Waals surface area (Å²) in [6.07, 6.45) is 1.54. The summed E-state index contributed by atoms with van der Waals surface area (Å²) in [5.74, 6) is -6.54. The second-order valence-corrected chi connectivity index (χ2v) is 4.54. The molecule has 4 nitrogen and oxygen atoms in total. The highest BCUT2D eigenvalue weighted by atomic mass is 19.2. The number of carboxylic acid groups (broad SMARTS) is 1. The summed E-state index contributed by atoms with van der Waals surface area (Å²) in [4.78, 5) is 15.0. The number of benzene rings is 1. The van der Waals surface area contributed by atoms with E-state index >= 15 is 0 Å². The van der Waals surface area contributed by atoms with Gasteiger partial charge in [0.2, 0.25) is 11.7 Å². The van der Waals surface area contributed by atoms with Crippen molar-refractivity contribution in [2.75, 3.05) is 0 Å². The van der Waals surface area contributed by atoms with Crippen molar-refractivity contribution in [2.24, 2.45) is 0 Å². The van der Waals surface area contributed by atoms with Crippen LogP contribution < -0.4 is 0 Å². The van der Waals surface area contributed by atoms with Gasteiger partial charge in [-0.25, -0.2) is 22.9 Å². The number of carbonyl (C=O) groups is 1. The zero-order valence-corrected chi connectivity index (χ0v) is 9.99. The van der Waals surface area contributed by atoms with Gasteiger partial charge in [0.1, 0.15) is 0 Å². The maximum absolute atomic E-state index is 13.6. The van der Waals surface area contributed by atoms with Crippen molar-refractivity contribution >= 4 is 5.97 Å². The second kappa shape index (κ2) is 4.36. The van der Waals surface area contributed by atoms with Gasteiger partial charge in [0.05, 0.1) is 11.3 Å². The van der Waals surface area contributed by atoms with Crippen LogP contribution in [0.5, 0.6) is 0 Å². The number of halogens is 3. The predicted molar refractivity (Wildman–Crippen MR) is 60.7 cm³/mol. The van der Waals surface area contributed by atoms with Gasteiger partial charge in [-0.1, -0.05) is 0 Å². The van der Waals surface area contributed by atoms with Crippen molar-refractivity contribution < 1.29 is 27.5 Å². The molecular weight excluding hydrogens is 275 g/mol. The molecule has 1 fully saturated rings. The van der Waals surface area contributed by atoms with E-state index < -0.39 is 29.0 Å². The summed E-state index contributed by atoms with van der Waals surface area (Å²) in [6, 6.07) is 1.69. The van der Waals surface area contributed by atoms with Crippen LogP contribution in [0.2, 0.25) is 0 Å². The molecule has 0 aliphatic heterocycles. The molecule has 0 atom stereocenters. The largest absolute Gasteiger partial charge is 0.475 e. The van der Waals surface area contributed by atoms with Crippen LogP contribution in [0, 0.1) is 17.5 Å². The van der Waals surface area contributed by atoms with Gasteiger partial charge >= 0.3 is 5.97 Å². The van der Waals surface area contributed by atoms with Gasteiger partial charge in [-0.2, -0.15) is 0 Å². The van der Waals surface area contributed by atoms with Gasteiger partial charge in [0, 0.05) is 5.92 Å². The Morgan fingerprint density at radius 1 is 1.25 bits per heavy atom. The minimum atomic E-state index is -1.65. The van der Waals surface area contributed by atoms with Gasteiger partial charge in [-0.05, 0) is 25.0 Å². The average Bonchev–Trinajstić information content (AvgIpc) is 3.16. The first-order valence-electron chi connectivity index (χ1n) is 5.87. The smallest absolute Gasteiger partial charge is 0.373 e. The Morgan fingerprint density at radius 2 is 1.95 bits per heavy atom.